The zero-order valence-corrected chi connectivity index (χ0v) is 6.66. The molecule has 11 heavy (non-hydrogen) atoms. The van der Waals surface area contributed by atoms with Gasteiger partial charge >= 0.3 is 5.97 Å². The lowest BCUT2D eigenvalue weighted by Crippen LogP contribution is -2.31. The lowest BCUT2D eigenvalue weighted by Gasteiger charge is -2.28. The normalized spacial score (nSPS) is 38.5. The minimum atomic E-state index is -0.767. The molecule has 0 unspecified atom stereocenters. The van der Waals surface area contributed by atoms with E-state index in [1.54, 1.807) is 0 Å². The van der Waals surface area contributed by atoms with Crippen molar-refractivity contribution in [1.82, 2.24) is 0 Å². The lowest BCUT2D eigenvalue weighted by molar-refractivity contribution is -0.146. The molecule has 2 N–H and O–H groups in total. The maximum Gasteiger partial charge on any atom is 0.306 e. The molecule has 3 heteroatoms. The van der Waals surface area contributed by atoms with Gasteiger partial charge in [0.25, 0.3) is 0 Å². The van der Waals surface area contributed by atoms with Gasteiger partial charge in [-0.2, -0.15) is 0 Å². The number of hydrogen-bond acceptors (Lipinski definition) is 2. The predicted octanol–water partition coefficient (Wildman–Crippen LogP) is 0.868. The van der Waals surface area contributed by atoms with Crippen LogP contribution >= 0.6 is 0 Å². The quantitative estimate of drug-likeness (QED) is 0.595. The summed E-state index contributed by atoms with van der Waals surface area (Å²) in [4.78, 5) is 10.6. The number of aliphatic hydroxyl groups is 1. The fourth-order valence-corrected chi connectivity index (χ4v) is 1.64. The van der Waals surface area contributed by atoms with Crippen LogP contribution in [-0.4, -0.2) is 22.3 Å². The molecule has 0 bridgehead atoms. The van der Waals surface area contributed by atoms with Crippen molar-refractivity contribution in [2.45, 2.75) is 32.3 Å². The van der Waals surface area contributed by atoms with Crippen LogP contribution in [0.2, 0.25) is 0 Å². The molecule has 1 rings (SSSR count). The summed E-state index contributed by atoms with van der Waals surface area (Å²) in [5, 5.41) is 17.9. The molecule has 0 aromatic heterocycles. The molecule has 1 fully saturated rings. The number of aliphatic carboxylic acids is 1. The molecular weight excluding hydrogens is 144 g/mol. The number of carboxylic acid groups (broad SMARTS) is 1. The van der Waals surface area contributed by atoms with Crippen molar-refractivity contribution in [3.05, 3.63) is 0 Å². The van der Waals surface area contributed by atoms with Gasteiger partial charge < -0.3 is 10.2 Å². The van der Waals surface area contributed by atoms with E-state index in [2.05, 4.69) is 0 Å². The Morgan fingerprint density at radius 2 is 2.09 bits per heavy atom. The van der Waals surface area contributed by atoms with Crippen LogP contribution in [0, 0.1) is 11.8 Å². The van der Waals surface area contributed by atoms with Gasteiger partial charge in [-0.1, -0.05) is 6.92 Å². The summed E-state index contributed by atoms with van der Waals surface area (Å²) in [5.74, 6) is -0.883. The fraction of sp³-hybridized carbons (Fsp3) is 0.875. The van der Waals surface area contributed by atoms with E-state index in [1.165, 1.54) is 0 Å². The molecule has 0 amide bonds. The highest BCUT2D eigenvalue weighted by Crippen LogP contribution is 2.29. The van der Waals surface area contributed by atoms with Crippen molar-refractivity contribution in [1.29, 1.82) is 0 Å². The van der Waals surface area contributed by atoms with Gasteiger partial charge in [-0.15, -0.1) is 0 Å². The number of hydrogen-bond donors (Lipinski definition) is 2. The highest BCUT2D eigenvalue weighted by Gasteiger charge is 2.31. The van der Waals surface area contributed by atoms with Crippen LogP contribution in [0.25, 0.3) is 0 Å². The molecule has 0 aromatic carbocycles. The first-order valence-corrected chi connectivity index (χ1v) is 4.02. The minimum absolute atomic E-state index is 0.218. The standard InChI is InChI=1S/C8H14O3/c1-5-2-3-6(9)4-7(5)8(10)11/h5-7,9H,2-4H2,1H3,(H,10,11)/t5-,6+,7-/m1/s1. The van der Waals surface area contributed by atoms with Crippen LogP contribution < -0.4 is 0 Å². The van der Waals surface area contributed by atoms with Gasteiger partial charge in [-0.25, -0.2) is 0 Å². The summed E-state index contributed by atoms with van der Waals surface area (Å²) in [7, 11) is 0. The molecule has 1 saturated carbocycles. The van der Waals surface area contributed by atoms with Gasteiger partial charge in [0.15, 0.2) is 0 Å². The van der Waals surface area contributed by atoms with E-state index in [-0.39, 0.29) is 11.8 Å². The molecule has 0 heterocycles. The average molecular weight is 158 g/mol. The molecule has 0 aromatic rings. The van der Waals surface area contributed by atoms with Gasteiger partial charge in [0.05, 0.1) is 12.0 Å². The molecule has 0 saturated heterocycles. The number of aliphatic hydroxyl groups excluding tert-OH is 1. The summed E-state index contributed by atoms with van der Waals surface area (Å²) in [6.45, 7) is 1.94. The van der Waals surface area contributed by atoms with Gasteiger partial charge in [0, 0.05) is 0 Å². The molecule has 3 atom stereocenters. The van der Waals surface area contributed by atoms with Crippen molar-refractivity contribution >= 4 is 5.97 Å². The third kappa shape index (κ3) is 1.93. The number of rotatable bonds is 1. The van der Waals surface area contributed by atoms with Crippen LogP contribution in [0.15, 0.2) is 0 Å². The van der Waals surface area contributed by atoms with E-state index in [0.29, 0.717) is 6.42 Å². The molecule has 3 nitrogen and oxygen atoms in total. The van der Waals surface area contributed by atoms with E-state index in [9.17, 15) is 9.90 Å². The van der Waals surface area contributed by atoms with Gasteiger partial charge in [0.1, 0.15) is 0 Å². The van der Waals surface area contributed by atoms with Gasteiger partial charge in [-0.3, -0.25) is 4.79 Å². The lowest BCUT2D eigenvalue weighted by atomic mass is 9.79. The molecule has 1 aliphatic rings. The monoisotopic (exact) mass is 158 g/mol. The Balaban J connectivity index is 2.54. The van der Waals surface area contributed by atoms with E-state index in [4.69, 9.17) is 5.11 Å². The van der Waals surface area contributed by atoms with Crippen molar-refractivity contribution in [2.75, 3.05) is 0 Å². The minimum Gasteiger partial charge on any atom is -0.481 e. The Morgan fingerprint density at radius 1 is 1.45 bits per heavy atom. The van der Waals surface area contributed by atoms with Crippen LogP contribution in [-0.2, 0) is 4.79 Å². The highest BCUT2D eigenvalue weighted by atomic mass is 16.4. The van der Waals surface area contributed by atoms with Crippen molar-refractivity contribution in [3.8, 4) is 0 Å². The third-order valence-electron chi connectivity index (χ3n) is 2.49. The molecular formula is C8H14O3. The zero-order chi connectivity index (χ0) is 8.43. The van der Waals surface area contributed by atoms with Crippen LogP contribution in [0.5, 0.6) is 0 Å². The summed E-state index contributed by atoms with van der Waals surface area (Å²) in [5.41, 5.74) is 0. The van der Waals surface area contributed by atoms with E-state index in [0.717, 1.165) is 12.8 Å². The Labute approximate surface area is 66.0 Å². The fourth-order valence-electron chi connectivity index (χ4n) is 1.64. The number of carboxylic acids is 1. The Morgan fingerprint density at radius 3 is 2.55 bits per heavy atom. The molecule has 0 radical (unpaired) electrons. The van der Waals surface area contributed by atoms with E-state index < -0.39 is 12.1 Å². The van der Waals surface area contributed by atoms with Crippen molar-refractivity contribution < 1.29 is 15.0 Å². The smallest absolute Gasteiger partial charge is 0.306 e. The summed E-state index contributed by atoms with van der Waals surface area (Å²) in [6, 6.07) is 0. The highest BCUT2D eigenvalue weighted by molar-refractivity contribution is 5.70. The van der Waals surface area contributed by atoms with Crippen LogP contribution in [0.1, 0.15) is 26.2 Å². The summed E-state index contributed by atoms with van der Waals surface area (Å²) >= 11 is 0. The van der Waals surface area contributed by atoms with E-state index >= 15 is 0 Å². The van der Waals surface area contributed by atoms with Crippen LogP contribution in [0.3, 0.4) is 0 Å². The first kappa shape index (κ1) is 8.53. The topological polar surface area (TPSA) is 57.5 Å². The van der Waals surface area contributed by atoms with Crippen molar-refractivity contribution in [2.24, 2.45) is 11.8 Å². The first-order chi connectivity index (χ1) is 5.11. The largest absolute Gasteiger partial charge is 0.481 e. The Hall–Kier alpha value is -0.570. The Bertz CT molecular complexity index is 155. The maximum atomic E-state index is 10.6. The molecule has 64 valence electrons. The molecule has 0 spiro atoms. The van der Waals surface area contributed by atoms with Gasteiger partial charge in [-0.05, 0) is 25.2 Å². The van der Waals surface area contributed by atoms with E-state index in [1.807, 2.05) is 6.92 Å². The third-order valence-corrected chi connectivity index (χ3v) is 2.49. The maximum absolute atomic E-state index is 10.6. The second kappa shape index (κ2) is 3.22. The average Bonchev–Trinajstić information content (AvgIpc) is 1.94. The van der Waals surface area contributed by atoms with Crippen molar-refractivity contribution in [3.63, 3.8) is 0 Å². The summed E-state index contributed by atoms with van der Waals surface area (Å²) in [6.07, 6.45) is 1.62. The van der Waals surface area contributed by atoms with Crippen LogP contribution in [0.4, 0.5) is 0 Å². The molecule has 1 aliphatic carbocycles. The first-order valence-electron chi connectivity index (χ1n) is 4.02. The predicted molar refractivity (Wildman–Crippen MR) is 40.1 cm³/mol. The second-order valence-corrected chi connectivity index (χ2v) is 3.39. The molecule has 0 aliphatic heterocycles. The zero-order valence-electron chi connectivity index (χ0n) is 6.66. The summed E-state index contributed by atoms with van der Waals surface area (Å²) < 4.78 is 0. The number of carbonyl (C=O) groups is 1. The van der Waals surface area contributed by atoms with Gasteiger partial charge in [0.2, 0.25) is 0 Å². The SMILES string of the molecule is C[C@@H]1CC[C@H](O)C[C@H]1C(=O)O. The Kier molecular flexibility index (Phi) is 2.49. The second-order valence-electron chi connectivity index (χ2n) is 3.39.